The van der Waals surface area contributed by atoms with Crippen LogP contribution >= 0.6 is 11.6 Å². The number of benzene rings is 2. The van der Waals surface area contributed by atoms with Gasteiger partial charge in [-0.1, -0.05) is 30.7 Å². The van der Waals surface area contributed by atoms with E-state index in [9.17, 15) is 8.42 Å². The van der Waals surface area contributed by atoms with Crippen LogP contribution in [0.5, 0.6) is 5.75 Å². The molecule has 0 amide bonds. The molecule has 0 spiro atoms. The largest absolute Gasteiger partial charge is 0.488 e. The van der Waals surface area contributed by atoms with Gasteiger partial charge in [0.25, 0.3) is 0 Å². The number of aromatic nitrogens is 2. The third kappa shape index (κ3) is 4.69. The minimum atomic E-state index is -3.42. The van der Waals surface area contributed by atoms with E-state index in [-0.39, 0.29) is 16.4 Å². The van der Waals surface area contributed by atoms with Gasteiger partial charge in [-0.05, 0) is 55.9 Å². The van der Waals surface area contributed by atoms with E-state index in [4.69, 9.17) is 16.3 Å². The molecule has 0 fully saturated rings. The molecule has 33 heavy (non-hydrogen) atoms. The summed E-state index contributed by atoms with van der Waals surface area (Å²) in [5.74, 6) is -0.449. The van der Waals surface area contributed by atoms with E-state index in [2.05, 4.69) is 9.97 Å². The molecule has 0 aliphatic heterocycles. The minimum Gasteiger partial charge on any atom is -0.488 e. The Balaban J connectivity index is 1.93. The average Bonchev–Trinajstić information content (AvgIpc) is 3.15. The number of nitrogens with one attached hydrogen (secondary N) is 1. The van der Waals surface area contributed by atoms with Gasteiger partial charge in [0.2, 0.25) is 0 Å². The predicted octanol–water partition coefficient (Wildman–Crippen LogP) is 5.30. The summed E-state index contributed by atoms with van der Waals surface area (Å²) in [6, 6.07) is 9.68. The van der Waals surface area contributed by atoms with Gasteiger partial charge in [0, 0.05) is 23.5 Å². The fourth-order valence-electron chi connectivity index (χ4n) is 3.83. The first-order valence-corrected chi connectivity index (χ1v) is 12.6. The van der Waals surface area contributed by atoms with Crippen LogP contribution in [0.15, 0.2) is 47.5 Å². The highest BCUT2D eigenvalue weighted by atomic mass is 35.5. The molecule has 174 valence electrons. The molecule has 0 radical (unpaired) electrons. The molecule has 4 rings (SSSR count). The number of ether oxygens (including phenoxy) is 1. The fourth-order valence-corrected chi connectivity index (χ4v) is 4.91. The molecular weight excluding hydrogens is 465 g/mol. The summed E-state index contributed by atoms with van der Waals surface area (Å²) in [7, 11) is 0.510. The van der Waals surface area contributed by atoms with Gasteiger partial charge < -0.3 is 14.6 Å². The lowest BCUT2D eigenvalue weighted by atomic mass is 9.99. The maximum absolute atomic E-state index is 15.3. The molecular formula is C24H25ClFN3O3S. The van der Waals surface area contributed by atoms with Crippen LogP contribution in [0.2, 0.25) is 5.02 Å². The van der Waals surface area contributed by atoms with Crippen molar-refractivity contribution in [3.8, 4) is 16.9 Å². The Hall–Kier alpha value is -2.68. The van der Waals surface area contributed by atoms with Gasteiger partial charge in [0.15, 0.2) is 21.4 Å². The van der Waals surface area contributed by atoms with Gasteiger partial charge in [0.05, 0.1) is 27.8 Å². The van der Waals surface area contributed by atoms with Gasteiger partial charge in [-0.15, -0.1) is 0 Å². The highest BCUT2D eigenvalue weighted by Crippen LogP contribution is 2.41. The Morgan fingerprint density at radius 2 is 2.00 bits per heavy atom. The average molecular weight is 490 g/mol. The van der Waals surface area contributed by atoms with Crippen LogP contribution in [-0.2, 0) is 9.84 Å². The second-order valence-corrected chi connectivity index (χ2v) is 10.8. The Labute approximate surface area is 197 Å². The molecule has 0 saturated heterocycles. The Bertz CT molecular complexity index is 1430. The molecule has 0 saturated carbocycles. The highest BCUT2D eigenvalue weighted by molar-refractivity contribution is 7.91. The molecule has 2 heterocycles. The SMILES string of the molecule is CCS(=O)(=O)c1cccc(-c2cc(F)c(OCCCN(C)C)c3[nH]c4ncc(Cl)cc4c23)c1. The van der Waals surface area contributed by atoms with E-state index in [0.717, 1.165) is 13.0 Å². The monoisotopic (exact) mass is 489 g/mol. The number of rotatable bonds is 8. The molecule has 2 aromatic heterocycles. The molecule has 0 unspecified atom stereocenters. The fraction of sp³-hybridized carbons (Fsp3) is 0.292. The number of hydrogen-bond donors (Lipinski definition) is 1. The molecule has 0 atom stereocenters. The van der Waals surface area contributed by atoms with Crippen LogP contribution in [0.3, 0.4) is 0 Å². The molecule has 6 nitrogen and oxygen atoms in total. The summed E-state index contributed by atoms with van der Waals surface area (Å²) < 4.78 is 46.1. The molecule has 0 aliphatic rings. The number of pyridine rings is 1. The highest BCUT2D eigenvalue weighted by Gasteiger charge is 2.21. The molecule has 0 bridgehead atoms. The second kappa shape index (κ2) is 9.29. The third-order valence-corrected chi connectivity index (χ3v) is 7.42. The number of fused-ring (bicyclic) bond motifs is 3. The zero-order valence-electron chi connectivity index (χ0n) is 18.7. The van der Waals surface area contributed by atoms with Crippen LogP contribution in [-0.4, -0.2) is 56.3 Å². The van der Waals surface area contributed by atoms with Gasteiger partial charge in [-0.25, -0.2) is 17.8 Å². The van der Waals surface area contributed by atoms with Crippen LogP contribution in [0.1, 0.15) is 13.3 Å². The molecule has 0 aliphatic carbocycles. The normalized spacial score (nSPS) is 12.2. The second-order valence-electron chi connectivity index (χ2n) is 8.10. The minimum absolute atomic E-state index is 0.0213. The number of halogens is 2. The standard InChI is InChI=1S/C24H25ClFN3O3S/c1-4-33(30,31)17-8-5-7-15(11-17)18-13-20(26)23(32-10-6-9-29(2)3)22-21(18)19-12-16(25)14-27-24(19)28-22/h5,7-8,11-14H,4,6,9-10H2,1-3H3,(H,27,28). The van der Waals surface area contributed by atoms with Crippen LogP contribution in [0, 0.1) is 5.82 Å². The summed E-state index contributed by atoms with van der Waals surface area (Å²) in [6.07, 6.45) is 2.25. The van der Waals surface area contributed by atoms with E-state index in [1.165, 1.54) is 12.3 Å². The molecule has 9 heteroatoms. The van der Waals surface area contributed by atoms with E-state index < -0.39 is 15.7 Å². The van der Waals surface area contributed by atoms with Crippen molar-refractivity contribution in [3.63, 3.8) is 0 Å². The van der Waals surface area contributed by atoms with Crippen molar-refractivity contribution in [2.45, 2.75) is 18.2 Å². The number of H-pyrrole nitrogens is 1. The first-order chi connectivity index (χ1) is 15.7. The predicted molar refractivity (Wildman–Crippen MR) is 130 cm³/mol. The van der Waals surface area contributed by atoms with Gasteiger partial charge in [0.1, 0.15) is 5.65 Å². The lowest BCUT2D eigenvalue weighted by molar-refractivity contribution is 0.274. The van der Waals surface area contributed by atoms with Crippen molar-refractivity contribution in [3.05, 3.63) is 53.4 Å². The van der Waals surface area contributed by atoms with Crippen molar-refractivity contribution >= 4 is 43.4 Å². The van der Waals surface area contributed by atoms with Crippen molar-refractivity contribution in [1.82, 2.24) is 14.9 Å². The number of sulfone groups is 1. The molecule has 4 aromatic rings. The van der Waals surface area contributed by atoms with Crippen LogP contribution in [0.4, 0.5) is 4.39 Å². The number of hydrogen-bond acceptors (Lipinski definition) is 5. The summed E-state index contributed by atoms with van der Waals surface area (Å²) in [5.41, 5.74) is 2.11. The lowest BCUT2D eigenvalue weighted by Crippen LogP contribution is -2.15. The quantitative estimate of drug-likeness (QED) is 0.340. The summed E-state index contributed by atoms with van der Waals surface area (Å²) >= 11 is 6.22. The first kappa shape index (κ1) is 23.5. The van der Waals surface area contributed by atoms with E-state index >= 15 is 4.39 Å². The summed E-state index contributed by atoms with van der Waals surface area (Å²) in [5, 5.41) is 1.82. The third-order valence-electron chi connectivity index (χ3n) is 5.48. The van der Waals surface area contributed by atoms with E-state index in [1.807, 2.05) is 19.0 Å². The molecule has 2 aromatic carbocycles. The molecule has 1 N–H and O–H groups in total. The summed E-state index contributed by atoms with van der Waals surface area (Å²) in [6.45, 7) is 2.75. The smallest absolute Gasteiger partial charge is 0.179 e. The maximum atomic E-state index is 15.3. The summed E-state index contributed by atoms with van der Waals surface area (Å²) in [4.78, 5) is 9.74. The van der Waals surface area contributed by atoms with E-state index in [0.29, 0.717) is 44.7 Å². The van der Waals surface area contributed by atoms with E-state index in [1.54, 1.807) is 37.3 Å². The maximum Gasteiger partial charge on any atom is 0.179 e. The van der Waals surface area contributed by atoms with Crippen molar-refractivity contribution in [2.24, 2.45) is 0 Å². The topological polar surface area (TPSA) is 75.3 Å². The van der Waals surface area contributed by atoms with Gasteiger partial charge in [-0.2, -0.15) is 0 Å². The van der Waals surface area contributed by atoms with Crippen LogP contribution in [0.25, 0.3) is 33.1 Å². The Morgan fingerprint density at radius 3 is 2.73 bits per heavy atom. The lowest BCUT2D eigenvalue weighted by Gasteiger charge is -2.14. The number of nitrogens with zero attached hydrogens (tertiary/aromatic N) is 2. The van der Waals surface area contributed by atoms with Crippen LogP contribution < -0.4 is 4.74 Å². The van der Waals surface area contributed by atoms with Crippen molar-refractivity contribution in [2.75, 3.05) is 33.0 Å². The van der Waals surface area contributed by atoms with Crippen molar-refractivity contribution in [1.29, 1.82) is 0 Å². The first-order valence-electron chi connectivity index (χ1n) is 10.6. The van der Waals surface area contributed by atoms with Gasteiger partial charge in [-0.3, -0.25) is 0 Å². The zero-order valence-corrected chi connectivity index (χ0v) is 20.2. The van der Waals surface area contributed by atoms with Crippen molar-refractivity contribution < 1.29 is 17.5 Å². The Morgan fingerprint density at radius 1 is 1.21 bits per heavy atom. The van der Waals surface area contributed by atoms with Gasteiger partial charge >= 0.3 is 0 Å². The number of aromatic amines is 1. The zero-order chi connectivity index (χ0) is 23.8. The Kier molecular flexibility index (Phi) is 6.61.